The van der Waals surface area contributed by atoms with E-state index in [4.69, 9.17) is 5.11 Å². The van der Waals surface area contributed by atoms with E-state index in [0.29, 0.717) is 6.42 Å². The van der Waals surface area contributed by atoms with Crippen molar-refractivity contribution in [3.05, 3.63) is 59.7 Å². The molecule has 1 unspecified atom stereocenters. The van der Waals surface area contributed by atoms with Crippen molar-refractivity contribution < 1.29 is 19.5 Å². The number of benzene rings is 2. The molecule has 1 fully saturated rings. The van der Waals surface area contributed by atoms with Crippen molar-refractivity contribution in [2.24, 2.45) is 0 Å². The lowest BCUT2D eigenvalue weighted by Crippen LogP contribution is -2.25. The fraction of sp³-hybridized carbons (Fsp3) is 0.167. The molecule has 128 valence electrons. The fourth-order valence-electron chi connectivity index (χ4n) is 2.61. The summed E-state index contributed by atoms with van der Waals surface area (Å²) in [6.07, 6.45) is -0.549. The summed E-state index contributed by atoms with van der Waals surface area (Å²) in [5.41, 5.74) is 3.84. The summed E-state index contributed by atoms with van der Waals surface area (Å²) in [6.45, 7) is 0.253. The molecule has 3 N–H and O–H groups in total. The predicted octanol–water partition coefficient (Wildman–Crippen LogP) is 3.02. The van der Waals surface area contributed by atoms with Gasteiger partial charge in [-0.1, -0.05) is 54.2 Å². The standard InChI is InChI=1S/C18H16N2O4S/c21-16-15(25-18(24)20-16)9-11-4-6-13(7-5-11)14-3-1-2-12(8-14)10-19-17(22)23/h1-8,15,19H,9-10H2,(H,22,23)(H,20,21,24). The zero-order valence-electron chi connectivity index (χ0n) is 13.2. The van der Waals surface area contributed by atoms with Gasteiger partial charge in [0.05, 0.1) is 5.25 Å². The Balaban J connectivity index is 1.70. The molecule has 1 atom stereocenters. The highest BCUT2D eigenvalue weighted by Gasteiger charge is 2.31. The van der Waals surface area contributed by atoms with Gasteiger partial charge in [0.15, 0.2) is 0 Å². The normalized spacial score (nSPS) is 16.6. The van der Waals surface area contributed by atoms with Crippen LogP contribution in [0.25, 0.3) is 11.1 Å². The van der Waals surface area contributed by atoms with E-state index in [-0.39, 0.29) is 22.9 Å². The maximum Gasteiger partial charge on any atom is 0.404 e. The Hall–Kier alpha value is -2.80. The van der Waals surface area contributed by atoms with Crippen molar-refractivity contribution in [3.8, 4) is 11.1 Å². The zero-order valence-corrected chi connectivity index (χ0v) is 14.0. The lowest BCUT2D eigenvalue weighted by atomic mass is 10.0. The monoisotopic (exact) mass is 356 g/mol. The molecule has 0 aliphatic carbocycles. The summed E-state index contributed by atoms with van der Waals surface area (Å²) in [5, 5.41) is 12.7. The van der Waals surface area contributed by atoms with E-state index in [1.807, 2.05) is 48.5 Å². The number of carboxylic acid groups (broad SMARTS) is 1. The van der Waals surface area contributed by atoms with Crippen LogP contribution in [0.4, 0.5) is 9.59 Å². The highest BCUT2D eigenvalue weighted by Crippen LogP contribution is 2.25. The average molecular weight is 356 g/mol. The lowest BCUT2D eigenvalue weighted by molar-refractivity contribution is -0.118. The van der Waals surface area contributed by atoms with E-state index < -0.39 is 6.09 Å². The highest BCUT2D eigenvalue weighted by atomic mass is 32.2. The summed E-state index contributed by atoms with van der Waals surface area (Å²) in [5.74, 6) is -0.238. The molecule has 6 nitrogen and oxygen atoms in total. The average Bonchev–Trinajstić information content (AvgIpc) is 2.91. The first-order valence-electron chi connectivity index (χ1n) is 7.68. The summed E-state index contributed by atoms with van der Waals surface area (Å²) in [4.78, 5) is 33.4. The number of nitrogens with one attached hydrogen (secondary N) is 2. The van der Waals surface area contributed by atoms with Gasteiger partial charge in [-0.15, -0.1) is 0 Å². The maximum absolute atomic E-state index is 11.6. The minimum atomic E-state index is -1.05. The van der Waals surface area contributed by atoms with Gasteiger partial charge in [-0.3, -0.25) is 14.9 Å². The van der Waals surface area contributed by atoms with Gasteiger partial charge in [0.25, 0.3) is 5.24 Å². The molecule has 1 aliphatic heterocycles. The van der Waals surface area contributed by atoms with Gasteiger partial charge in [-0.25, -0.2) is 4.79 Å². The second-order valence-electron chi connectivity index (χ2n) is 5.64. The number of hydrogen-bond acceptors (Lipinski definition) is 4. The largest absolute Gasteiger partial charge is 0.465 e. The molecule has 1 heterocycles. The van der Waals surface area contributed by atoms with Gasteiger partial charge in [0.1, 0.15) is 0 Å². The van der Waals surface area contributed by atoms with E-state index in [0.717, 1.165) is 34.0 Å². The fourth-order valence-corrected chi connectivity index (χ4v) is 3.47. The van der Waals surface area contributed by atoms with Crippen LogP contribution < -0.4 is 10.6 Å². The molecule has 0 saturated carbocycles. The Morgan fingerprint density at radius 1 is 1.08 bits per heavy atom. The Morgan fingerprint density at radius 2 is 1.84 bits per heavy atom. The van der Waals surface area contributed by atoms with Crippen molar-refractivity contribution >= 4 is 29.0 Å². The molecule has 2 aromatic rings. The molecule has 3 amide bonds. The SMILES string of the molecule is O=C(O)NCc1cccc(-c2ccc(CC3SC(=O)NC3=O)cc2)c1. The quantitative estimate of drug-likeness (QED) is 0.765. The Morgan fingerprint density at radius 3 is 2.48 bits per heavy atom. The van der Waals surface area contributed by atoms with Crippen LogP contribution in [-0.2, 0) is 17.8 Å². The molecule has 2 aromatic carbocycles. The Kier molecular flexibility index (Phi) is 5.04. The topological polar surface area (TPSA) is 95.5 Å². The number of thioether (sulfide) groups is 1. The number of hydrogen-bond donors (Lipinski definition) is 3. The molecular weight excluding hydrogens is 340 g/mol. The van der Waals surface area contributed by atoms with Crippen LogP contribution in [0, 0.1) is 0 Å². The van der Waals surface area contributed by atoms with Gasteiger partial charge in [-0.2, -0.15) is 0 Å². The maximum atomic E-state index is 11.6. The zero-order chi connectivity index (χ0) is 17.8. The number of carbonyl (C=O) groups excluding carboxylic acids is 2. The first kappa shape index (κ1) is 17.0. The molecular formula is C18H16N2O4S. The van der Waals surface area contributed by atoms with Crippen molar-refractivity contribution in [1.29, 1.82) is 0 Å². The molecule has 7 heteroatoms. The number of carbonyl (C=O) groups is 3. The minimum Gasteiger partial charge on any atom is -0.465 e. The molecule has 0 bridgehead atoms. The minimum absolute atomic E-state index is 0.238. The number of rotatable bonds is 5. The Labute approximate surface area is 148 Å². The van der Waals surface area contributed by atoms with Crippen LogP contribution in [0.1, 0.15) is 11.1 Å². The van der Waals surface area contributed by atoms with E-state index in [1.165, 1.54) is 0 Å². The van der Waals surface area contributed by atoms with Crippen LogP contribution in [0.5, 0.6) is 0 Å². The summed E-state index contributed by atoms with van der Waals surface area (Å²) in [6, 6.07) is 15.4. The summed E-state index contributed by atoms with van der Waals surface area (Å²) >= 11 is 1.02. The van der Waals surface area contributed by atoms with E-state index in [1.54, 1.807) is 0 Å². The third kappa shape index (κ3) is 4.39. The van der Waals surface area contributed by atoms with E-state index in [2.05, 4.69) is 10.6 Å². The van der Waals surface area contributed by atoms with E-state index in [9.17, 15) is 14.4 Å². The molecule has 0 aromatic heterocycles. The summed E-state index contributed by atoms with van der Waals surface area (Å²) in [7, 11) is 0. The molecule has 0 radical (unpaired) electrons. The molecule has 25 heavy (non-hydrogen) atoms. The van der Waals surface area contributed by atoms with Crippen LogP contribution >= 0.6 is 11.8 Å². The second-order valence-corrected chi connectivity index (χ2v) is 6.82. The van der Waals surface area contributed by atoms with Gasteiger partial charge < -0.3 is 10.4 Å². The van der Waals surface area contributed by atoms with E-state index >= 15 is 0 Å². The van der Waals surface area contributed by atoms with Crippen LogP contribution in [0.2, 0.25) is 0 Å². The van der Waals surface area contributed by atoms with Crippen molar-refractivity contribution in [2.45, 2.75) is 18.2 Å². The number of imide groups is 1. The van der Waals surface area contributed by atoms with Crippen LogP contribution in [0.15, 0.2) is 48.5 Å². The second kappa shape index (κ2) is 7.40. The first-order valence-corrected chi connectivity index (χ1v) is 8.56. The molecule has 3 rings (SSSR count). The van der Waals surface area contributed by atoms with Gasteiger partial charge in [0.2, 0.25) is 5.91 Å². The van der Waals surface area contributed by atoms with Crippen LogP contribution in [-0.4, -0.2) is 27.6 Å². The van der Waals surface area contributed by atoms with Crippen LogP contribution in [0.3, 0.4) is 0 Å². The van der Waals surface area contributed by atoms with Gasteiger partial charge in [-0.05, 0) is 34.7 Å². The predicted molar refractivity (Wildman–Crippen MR) is 95.4 cm³/mol. The van der Waals surface area contributed by atoms with Gasteiger partial charge in [0, 0.05) is 6.54 Å². The summed E-state index contributed by atoms with van der Waals surface area (Å²) < 4.78 is 0. The lowest BCUT2D eigenvalue weighted by Gasteiger charge is -2.08. The third-order valence-corrected chi connectivity index (χ3v) is 4.83. The molecule has 0 spiro atoms. The van der Waals surface area contributed by atoms with Crippen molar-refractivity contribution in [2.75, 3.05) is 0 Å². The smallest absolute Gasteiger partial charge is 0.404 e. The third-order valence-electron chi connectivity index (χ3n) is 3.85. The number of amides is 3. The molecule has 1 saturated heterocycles. The molecule has 1 aliphatic rings. The highest BCUT2D eigenvalue weighted by molar-refractivity contribution is 8.15. The van der Waals surface area contributed by atoms with Gasteiger partial charge >= 0.3 is 6.09 Å². The van der Waals surface area contributed by atoms with Crippen molar-refractivity contribution in [3.63, 3.8) is 0 Å². The Bertz CT molecular complexity index is 820. The first-order chi connectivity index (χ1) is 12.0. The van der Waals surface area contributed by atoms with Crippen molar-refractivity contribution in [1.82, 2.24) is 10.6 Å².